The molecule has 0 atom stereocenters. The van der Waals surface area contributed by atoms with Gasteiger partial charge in [-0.25, -0.2) is 18.4 Å². The summed E-state index contributed by atoms with van der Waals surface area (Å²) in [6.07, 6.45) is 0. The second-order valence-electron chi connectivity index (χ2n) is 7.70. The number of pyridine rings is 1. The molecule has 0 saturated heterocycles. The summed E-state index contributed by atoms with van der Waals surface area (Å²) in [4.78, 5) is 39.1. The number of aromatic nitrogens is 1. The predicted molar refractivity (Wildman–Crippen MR) is 135 cm³/mol. The van der Waals surface area contributed by atoms with Gasteiger partial charge in [0.25, 0.3) is 5.91 Å². The maximum absolute atomic E-state index is 13.5. The molecular weight excluding hydrogens is 506 g/mol. The minimum Gasteiger partial charge on any atom is -0.464 e. The molecule has 1 heterocycles. The zero-order chi connectivity index (χ0) is 26.0. The molecule has 0 spiro atoms. The number of hydrogen-bond acceptors (Lipinski definition) is 6. The number of nitrogens with two attached hydrogens (primary N) is 1. The van der Waals surface area contributed by atoms with Gasteiger partial charge in [0.1, 0.15) is 5.69 Å². The Kier molecular flexibility index (Phi) is 6.93. The van der Waals surface area contributed by atoms with Crippen LogP contribution in [0.1, 0.15) is 26.4 Å². The molecule has 0 bridgehead atoms. The number of amides is 1. The van der Waals surface area contributed by atoms with Crippen LogP contribution in [0.5, 0.6) is 0 Å². The summed E-state index contributed by atoms with van der Waals surface area (Å²) >= 11 is 6.39. The SMILES string of the molecule is COC(=O)c1c(CNC(=O)c2ccc(S(N)(=O)=O)cc2)c(=O)c2c(Cl)cccc2n1-c1ccccc1. The van der Waals surface area contributed by atoms with E-state index in [-0.39, 0.29) is 38.7 Å². The van der Waals surface area contributed by atoms with Crippen LogP contribution in [-0.4, -0.2) is 32.0 Å². The fourth-order valence-corrected chi connectivity index (χ4v) is 4.60. The lowest BCUT2D eigenvalue weighted by Crippen LogP contribution is -2.31. The number of benzene rings is 3. The molecule has 0 aliphatic rings. The molecule has 0 unspecified atom stereocenters. The van der Waals surface area contributed by atoms with Crippen LogP contribution in [0.4, 0.5) is 0 Å². The number of carbonyl (C=O) groups is 2. The number of para-hydroxylation sites is 1. The number of esters is 1. The maximum Gasteiger partial charge on any atom is 0.355 e. The monoisotopic (exact) mass is 525 g/mol. The number of nitrogens with zero attached hydrogens (tertiary/aromatic N) is 1. The largest absolute Gasteiger partial charge is 0.464 e. The second kappa shape index (κ2) is 9.94. The second-order valence-corrected chi connectivity index (χ2v) is 9.67. The number of carbonyl (C=O) groups excluding carboxylic acids is 2. The number of rotatable bonds is 6. The van der Waals surface area contributed by atoms with Crippen molar-refractivity contribution in [3.8, 4) is 5.69 Å². The Bertz CT molecular complexity index is 1650. The predicted octanol–water partition coefficient (Wildman–Crippen LogP) is 3.01. The molecule has 0 fully saturated rings. The number of hydrogen-bond donors (Lipinski definition) is 2. The number of nitrogens with one attached hydrogen (secondary N) is 1. The number of fused-ring (bicyclic) bond motifs is 1. The summed E-state index contributed by atoms with van der Waals surface area (Å²) in [6, 6.07) is 18.7. The van der Waals surface area contributed by atoms with Crippen molar-refractivity contribution < 1.29 is 22.7 Å². The van der Waals surface area contributed by atoms with E-state index in [1.165, 1.54) is 31.4 Å². The first kappa shape index (κ1) is 25.1. The van der Waals surface area contributed by atoms with Gasteiger partial charge >= 0.3 is 5.97 Å². The van der Waals surface area contributed by atoms with Crippen molar-refractivity contribution in [3.05, 3.63) is 105 Å². The minimum atomic E-state index is -3.92. The quantitative estimate of drug-likeness (QED) is 0.371. The summed E-state index contributed by atoms with van der Waals surface area (Å²) in [7, 11) is -2.73. The number of methoxy groups -OCH3 is 1. The number of ether oxygens (including phenoxy) is 1. The van der Waals surface area contributed by atoms with E-state index in [0.29, 0.717) is 11.2 Å². The molecule has 3 N–H and O–H groups in total. The molecular formula is C25H20ClN3O6S. The van der Waals surface area contributed by atoms with Crippen LogP contribution in [0.2, 0.25) is 5.02 Å². The third kappa shape index (κ3) is 4.74. The molecule has 0 aliphatic carbocycles. The van der Waals surface area contributed by atoms with Crippen LogP contribution in [0.25, 0.3) is 16.6 Å². The van der Waals surface area contributed by atoms with Crippen molar-refractivity contribution in [3.63, 3.8) is 0 Å². The average Bonchev–Trinajstić information content (AvgIpc) is 2.87. The zero-order valence-corrected chi connectivity index (χ0v) is 20.5. The lowest BCUT2D eigenvalue weighted by Gasteiger charge is -2.20. The van der Waals surface area contributed by atoms with E-state index in [4.69, 9.17) is 21.5 Å². The molecule has 11 heteroatoms. The fraction of sp³-hybridized carbons (Fsp3) is 0.0800. The summed E-state index contributed by atoms with van der Waals surface area (Å²) in [5, 5.41) is 8.07. The van der Waals surface area contributed by atoms with Crippen LogP contribution < -0.4 is 15.9 Å². The zero-order valence-electron chi connectivity index (χ0n) is 18.9. The van der Waals surface area contributed by atoms with Gasteiger partial charge in [0, 0.05) is 17.8 Å². The highest BCUT2D eigenvalue weighted by atomic mass is 35.5. The molecule has 0 aliphatic heterocycles. The van der Waals surface area contributed by atoms with Gasteiger partial charge in [0.15, 0.2) is 5.43 Å². The Labute approximate surface area is 211 Å². The lowest BCUT2D eigenvalue weighted by molar-refractivity contribution is 0.0588. The Morgan fingerprint density at radius 3 is 2.28 bits per heavy atom. The summed E-state index contributed by atoms with van der Waals surface area (Å²) < 4.78 is 29.5. The van der Waals surface area contributed by atoms with Gasteiger partial charge in [-0.05, 0) is 48.5 Å². The molecule has 36 heavy (non-hydrogen) atoms. The van der Waals surface area contributed by atoms with Crippen molar-refractivity contribution in [2.75, 3.05) is 7.11 Å². The molecule has 184 valence electrons. The Morgan fingerprint density at radius 1 is 1.00 bits per heavy atom. The van der Waals surface area contributed by atoms with E-state index in [1.54, 1.807) is 53.1 Å². The van der Waals surface area contributed by atoms with Crippen molar-refractivity contribution in [2.24, 2.45) is 5.14 Å². The molecule has 0 radical (unpaired) electrons. The third-order valence-corrected chi connectivity index (χ3v) is 6.75. The molecule has 1 aromatic heterocycles. The van der Waals surface area contributed by atoms with Crippen molar-refractivity contribution in [1.82, 2.24) is 9.88 Å². The van der Waals surface area contributed by atoms with E-state index >= 15 is 0 Å². The molecule has 1 amide bonds. The maximum atomic E-state index is 13.5. The van der Waals surface area contributed by atoms with Crippen LogP contribution in [0, 0.1) is 0 Å². The third-order valence-electron chi connectivity index (χ3n) is 5.51. The first-order valence-electron chi connectivity index (χ1n) is 10.5. The van der Waals surface area contributed by atoms with Gasteiger partial charge in [-0.15, -0.1) is 0 Å². The highest BCUT2D eigenvalue weighted by molar-refractivity contribution is 7.89. The fourth-order valence-electron chi connectivity index (χ4n) is 3.82. The topological polar surface area (TPSA) is 138 Å². The van der Waals surface area contributed by atoms with Crippen molar-refractivity contribution in [1.29, 1.82) is 0 Å². The molecule has 4 rings (SSSR count). The smallest absolute Gasteiger partial charge is 0.355 e. The molecule has 4 aromatic rings. The Hall–Kier alpha value is -3.99. The summed E-state index contributed by atoms with van der Waals surface area (Å²) in [5.41, 5.74) is 0.482. The highest BCUT2D eigenvalue weighted by Gasteiger charge is 2.25. The van der Waals surface area contributed by atoms with Crippen LogP contribution in [0.15, 0.2) is 82.5 Å². The van der Waals surface area contributed by atoms with E-state index in [1.807, 2.05) is 0 Å². The lowest BCUT2D eigenvalue weighted by atomic mass is 10.1. The first-order chi connectivity index (χ1) is 17.1. The standard InChI is InChI=1S/C25H20ClN3O6S/c1-35-25(32)22-18(14-28-24(31)15-10-12-17(13-11-15)36(27,33)34)23(30)21-19(26)8-5-9-20(21)29(22)16-6-3-2-4-7-16/h2-13H,14H2,1H3,(H,28,31)(H2,27,33,34). The van der Waals surface area contributed by atoms with E-state index in [2.05, 4.69) is 5.32 Å². The normalized spacial score (nSPS) is 11.3. The van der Waals surface area contributed by atoms with Gasteiger partial charge in [-0.3, -0.25) is 9.59 Å². The molecule has 9 nitrogen and oxygen atoms in total. The highest BCUT2D eigenvalue weighted by Crippen LogP contribution is 2.27. The number of halogens is 1. The number of sulfonamides is 1. The van der Waals surface area contributed by atoms with Crippen LogP contribution >= 0.6 is 11.6 Å². The first-order valence-corrected chi connectivity index (χ1v) is 12.5. The minimum absolute atomic E-state index is 0.0270. The number of primary sulfonamides is 1. The van der Waals surface area contributed by atoms with Gasteiger partial charge < -0.3 is 14.6 Å². The van der Waals surface area contributed by atoms with Crippen LogP contribution in [0.3, 0.4) is 0 Å². The van der Waals surface area contributed by atoms with Crippen molar-refractivity contribution in [2.45, 2.75) is 11.4 Å². The van der Waals surface area contributed by atoms with Gasteiger partial charge in [-0.2, -0.15) is 0 Å². The average molecular weight is 526 g/mol. The summed E-state index contributed by atoms with van der Waals surface area (Å²) in [6.45, 7) is -0.326. The van der Waals surface area contributed by atoms with E-state index < -0.39 is 27.3 Å². The summed E-state index contributed by atoms with van der Waals surface area (Å²) in [5.74, 6) is -1.38. The molecule has 0 saturated carbocycles. The van der Waals surface area contributed by atoms with E-state index in [9.17, 15) is 22.8 Å². The molecule has 3 aromatic carbocycles. The van der Waals surface area contributed by atoms with Crippen molar-refractivity contribution >= 4 is 44.4 Å². The van der Waals surface area contributed by atoms with E-state index in [0.717, 1.165) is 0 Å². The Balaban J connectivity index is 1.85. The van der Waals surface area contributed by atoms with Gasteiger partial charge in [0.2, 0.25) is 10.0 Å². The van der Waals surface area contributed by atoms with Gasteiger partial charge in [0.05, 0.1) is 33.5 Å². The van der Waals surface area contributed by atoms with Crippen LogP contribution in [-0.2, 0) is 21.3 Å². The van der Waals surface area contributed by atoms with Gasteiger partial charge in [-0.1, -0.05) is 35.9 Å². The Morgan fingerprint density at radius 2 is 1.67 bits per heavy atom.